The van der Waals surface area contributed by atoms with E-state index in [2.05, 4.69) is 34.9 Å². The highest BCUT2D eigenvalue weighted by molar-refractivity contribution is 5.95. The number of unbranched alkanes of at least 4 members (excludes halogenated alkanes) is 6. The molecule has 2 heterocycles. The highest BCUT2D eigenvalue weighted by atomic mass is 16.5. The molecule has 2 aliphatic rings. The van der Waals surface area contributed by atoms with Crippen molar-refractivity contribution in [2.75, 3.05) is 37.9 Å². The van der Waals surface area contributed by atoms with Crippen molar-refractivity contribution in [3.05, 3.63) is 58.9 Å². The number of aryl methyl sites for hydroxylation is 2. The zero-order valence-corrected chi connectivity index (χ0v) is 26.2. The maximum Gasteiger partial charge on any atom is 0.119 e. The van der Waals surface area contributed by atoms with Gasteiger partial charge in [-0.25, -0.2) is 0 Å². The van der Waals surface area contributed by atoms with Crippen molar-refractivity contribution in [3.8, 4) is 11.5 Å². The molecule has 0 amide bonds. The number of nitrogens with one attached hydrogen (secondary N) is 2. The zero-order chi connectivity index (χ0) is 29.4. The predicted molar refractivity (Wildman–Crippen MR) is 179 cm³/mol. The summed E-state index contributed by atoms with van der Waals surface area (Å²) in [5.74, 6) is 1.80. The van der Waals surface area contributed by atoms with Gasteiger partial charge >= 0.3 is 0 Å². The predicted octanol–water partition coefficient (Wildman–Crippen LogP) is 8.81. The molecule has 0 spiro atoms. The van der Waals surface area contributed by atoms with E-state index in [-0.39, 0.29) is 0 Å². The van der Waals surface area contributed by atoms with Crippen LogP contribution in [-0.2, 0) is 25.7 Å². The summed E-state index contributed by atoms with van der Waals surface area (Å²) in [6.07, 6.45) is 18.3. The summed E-state index contributed by atoms with van der Waals surface area (Å²) in [6, 6.07) is 12.6. The molecular weight excluding hydrogens is 532 g/mol. The standard InChI is InChI=1S/C37H48N4O2/c1-42-26-18-20-34-30(24-26)36(28-14-8-10-16-32(28)40-34)38-22-12-6-4-3-5-7-13-23-39-37-29-15-9-11-17-33(29)41-35-21-19-27(43-2)25-31(35)37/h18-21,24-25H,3-17,22-23H2,1-2H3,(H,38,40)(H,39,41). The number of pyridine rings is 2. The minimum atomic E-state index is 0.900. The van der Waals surface area contributed by atoms with Gasteiger partial charge in [0.15, 0.2) is 0 Å². The van der Waals surface area contributed by atoms with E-state index >= 15 is 0 Å². The van der Waals surface area contributed by atoms with E-state index in [0.29, 0.717) is 0 Å². The van der Waals surface area contributed by atoms with Gasteiger partial charge in [0.1, 0.15) is 11.5 Å². The monoisotopic (exact) mass is 580 g/mol. The number of nitrogens with zero attached hydrogens (tertiary/aromatic N) is 2. The first kappa shape index (κ1) is 29.5. The average molecular weight is 581 g/mol. The number of hydrogen-bond acceptors (Lipinski definition) is 6. The third kappa shape index (κ3) is 6.84. The maximum atomic E-state index is 5.53. The Hall–Kier alpha value is -3.54. The molecule has 43 heavy (non-hydrogen) atoms. The normalized spacial score (nSPS) is 14.4. The molecule has 0 radical (unpaired) electrons. The lowest BCUT2D eigenvalue weighted by Crippen LogP contribution is -2.12. The van der Waals surface area contributed by atoms with Crippen molar-refractivity contribution in [3.63, 3.8) is 0 Å². The van der Waals surface area contributed by atoms with Gasteiger partial charge in [0.25, 0.3) is 0 Å². The minimum absolute atomic E-state index is 0.900. The molecule has 228 valence electrons. The number of hydrogen-bond donors (Lipinski definition) is 2. The average Bonchev–Trinajstić information content (AvgIpc) is 3.05. The summed E-state index contributed by atoms with van der Waals surface area (Å²) >= 11 is 0. The van der Waals surface area contributed by atoms with Crippen molar-refractivity contribution in [2.45, 2.75) is 96.3 Å². The largest absolute Gasteiger partial charge is 0.497 e. The van der Waals surface area contributed by atoms with Crippen LogP contribution >= 0.6 is 0 Å². The number of benzene rings is 2. The van der Waals surface area contributed by atoms with Gasteiger partial charge in [0.05, 0.1) is 25.3 Å². The lowest BCUT2D eigenvalue weighted by atomic mass is 9.92. The van der Waals surface area contributed by atoms with Gasteiger partial charge < -0.3 is 20.1 Å². The number of rotatable bonds is 14. The Balaban J connectivity index is 0.940. The van der Waals surface area contributed by atoms with Gasteiger partial charge in [-0.1, -0.05) is 32.1 Å². The molecule has 0 bridgehead atoms. The van der Waals surface area contributed by atoms with E-state index in [1.165, 1.54) is 115 Å². The molecule has 6 rings (SSSR count). The Morgan fingerprint density at radius 3 is 1.42 bits per heavy atom. The summed E-state index contributed by atoms with van der Waals surface area (Å²) in [6.45, 7) is 2.03. The summed E-state index contributed by atoms with van der Waals surface area (Å²) in [5, 5.41) is 10.1. The Morgan fingerprint density at radius 2 is 0.977 bits per heavy atom. The van der Waals surface area contributed by atoms with Gasteiger partial charge in [-0.05, 0) is 112 Å². The van der Waals surface area contributed by atoms with E-state index in [1.54, 1.807) is 14.2 Å². The first-order chi connectivity index (χ1) is 21.2. The van der Waals surface area contributed by atoms with Crippen molar-refractivity contribution in [1.82, 2.24) is 9.97 Å². The molecule has 4 aromatic rings. The van der Waals surface area contributed by atoms with Gasteiger partial charge in [0, 0.05) is 46.6 Å². The second-order valence-electron chi connectivity index (χ2n) is 12.3. The summed E-state index contributed by atoms with van der Waals surface area (Å²) in [5.41, 5.74) is 10.2. The highest BCUT2D eigenvalue weighted by Crippen LogP contribution is 2.36. The van der Waals surface area contributed by atoms with Crippen molar-refractivity contribution >= 4 is 33.2 Å². The lowest BCUT2D eigenvalue weighted by Gasteiger charge is -2.22. The number of aromatic nitrogens is 2. The van der Waals surface area contributed by atoms with Crippen LogP contribution in [0, 0.1) is 0 Å². The van der Waals surface area contributed by atoms with Crippen molar-refractivity contribution in [2.24, 2.45) is 0 Å². The number of anilines is 2. The van der Waals surface area contributed by atoms with Gasteiger partial charge in [-0.15, -0.1) is 0 Å². The van der Waals surface area contributed by atoms with E-state index in [0.717, 1.165) is 61.3 Å². The topological polar surface area (TPSA) is 68.3 Å². The fourth-order valence-electron chi connectivity index (χ4n) is 7.02. The van der Waals surface area contributed by atoms with Crippen LogP contribution in [0.15, 0.2) is 36.4 Å². The van der Waals surface area contributed by atoms with E-state index in [9.17, 15) is 0 Å². The Bertz CT molecular complexity index is 1430. The van der Waals surface area contributed by atoms with Crippen LogP contribution in [0.1, 0.15) is 93.1 Å². The molecule has 2 N–H and O–H groups in total. The van der Waals surface area contributed by atoms with Crippen LogP contribution < -0.4 is 20.1 Å². The molecule has 2 aromatic heterocycles. The highest BCUT2D eigenvalue weighted by Gasteiger charge is 2.20. The molecule has 0 atom stereocenters. The molecule has 2 aromatic carbocycles. The number of fused-ring (bicyclic) bond motifs is 4. The minimum Gasteiger partial charge on any atom is -0.497 e. The molecule has 6 nitrogen and oxygen atoms in total. The SMILES string of the molecule is COc1ccc2nc3c(c(NCCCCCCCCCNc4c5c(nc6ccc(OC)cc46)CCCC5)c2c1)CCCC3. The fourth-order valence-corrected chi connectivity index (χ4v) is 7.02. The van der Waals surface area contributed by atoms with Crippen molar-refractivity contribution < 1.29 is 9.47 Å². The van der Waals surface area contributed by atoms with Crippen LogP contribution in [0.3, 0.4) is 0 Å². The van der Waals surface area contributed by atoms with Crippen LogP contribution in [0.2, 0.25) is 0 Å². The molecule has 0 fully saturated rings. The molecule has 0 saturated carbocycles. The van der Waals surface area contributed by atoms with Crippen LogP contribution in [0.5, 0.6) is 11.5 Å². The number of methoxy groups -OCH3 is 2. The quantitative estimate of drug-likeness (QED) is 0.145. The molecule has 6 heteroatoms. The Kier molecular flexibility index (Phi) is 9.81. The Morgan fingerprint density at radius 1 is 0.558 bits per heavy atom. The van der Waals surface area contributed by atoms with E-state index in [1.807, 2.05) is 12.1 Å². The lowest BCUT2D eigenvalue weighted by molar-refractivity contribution is 0.415. The van der Waals surface area contributed by atoms with E-state index in [4.69, 9.17) is 19.4 Å². The fraction of sp³-hybridized carbons (Fsp3) is 0.514. The summed E-state index contributed by atoms with van der Waals surface area (Å²) in [7, 11) is 3.48. The van der Waals surface area contributed by atoms with Crippen molar-refractivity contribution in [1.29, 1.82) is 0 Å². The summed E-state index contributed by atoms with van der Waals surface area (Å²) in [4.78, 5) is 10.00. The molecule has 0 saturated heterocycles. The first-order valence-electron chi connectivity index (χ1n) is 16.7. The van der Waals surface area contributed by atoms with E-state index < -0.39 is 0 Å². The van der Waals surface area contributed by atoms with Gasteiger partial charge in [0.2, 0.25) is 0 Å². The van der Waals surface area contributed by atoms with Gasteiger partial charge in [-0.2, -0.15) is 0 Å². The van der Waals surface area contributed by atoms with Crippen LogP contribution in [-0.4, -0.2) is 37.3 Å². The number of ether oxygens (including phenoxy) is 2. The maximum absolute atomic E-state index is 5.53. The molecule has 0 aliphatic heterocycles. The Labute approximate surface area is 257 Å². The third-order valence-corrected chi connectivity index (χ3v) is 9.40. The zero-order valence-electron chi connectivity index (χ0n) is 26.2. The van der Waals surface area contributed by atoms with Crippen LogP contribution in [0.4, 0.5) is 11.4 Å². The molecular formula is C37H48N4O2. The smallest absolute Gasteiger partial charge is 0.119 e. The second-order valence-corrected chi connectivity index (χ2v) is 12.3. The molecule has 2 aliphatic carbocycles. The summed E-state index contributed by atoms with van der Waals surface area (Å²) < 4.78 is 11.1. The first-order valence-corrected chi connectivity index (χ1v) is 16.7. The second kappa shape index (κ2) is 14.3. The molecule has 0 unspecified atom stereocenters. The third-order valence-electron chi connectivity index (χ3n) is 9.40. The van der Waals surface area contributed by atoms with Crippen LogP contribution in [0.25, 0.3) is 21.8 Å². The van der Waals surface area contributed by atoms with Gasteiger partial charge in [-0.3, -0.25) is 9.97 Å².